The Balaban J connectivity index is 1.76. The largest absolute Gasteiger partial charge is 0.290 e. The Bertz CT molecular complexity index is 1300. The van der Waals surface area contributed by atoms with Crippen LogP contribution in [0.3, 0.4) is 0 Å². The number of pyridine rings is 1. The molecule has 0 radical (unpaired) electrons. The van der Waals surface area contributed by atoms with Gasteiger partial charge in [-0.25, -0.2) is 0 Å². The standard InChI is InChI=1S/C19H11N3O2S/c23-13-6-7-14-12(9-13)10-16(19-18(14)21-24-22-19)25-15-5-1-3-11-4-2-8-20-17(11)15/h1-10,21H. The molecule has 0 saturated heterocycles. The first-order valence-corrected chi connectivity index (χ1v) is 8.54. The molecule has 0 spiro atoms. The second-order valence-electron chi connectivity index (χ2n) is 5.70. The molecule has 0 atom stereocenters. The third kappa shape index (κ3) is 2.30. The van der Waals surface area contributed by atoms with Crippen molar-refractivity contribution in [1.29, 1.82) is 0 Å². The molecule has 0 bridgehead atoms. The Kier molecular flexibility index (Phi) is 3.11. The van der Waals surface area contributed by atoms with Gasteiger partial charge in [0.15, 0.2) is 5.43 Å². The molecule has 25 heavy (non-hydrogen) atoms. The lowest BCUT2D eigenvalue weighted by molar-refractivity contribution is 0.315. The van der Waals surface area contributed by atoms with Crippen molar-refractivity contribution >= 4 is 44.5 Å². The number of fused-ring (bicyclic) bond motifs is 4. The summed E-state index contributed by atoms with van der Waals surface area (Å²) in [5.41, 5.74) is 2.44. The topological polar surface area (TPSA) is 71.8 Å². The minimum Gasteiger partial charge on any atom is -0.290 e. The van der Waals surface area contributed by atoms with Crippen LogP contribution >= 0.6 is 11.8 Å². The van der Waals surface area contributed by atoms with Gasteiger partial charge in [0.25, 0.3) is 0 Å². The van der Waals surface area contributed by atoms with Crippen LogP contribution in [0.15, 0.2) is 80.0 Å². The Hall–Kier alpha value is -3.12. The minimum atomic E-state index is -0.0221. The molecule has 6 heteroatoms. The normalized spacial score (nSPS) is 11.5. The molecule has 120 valence electrons. The Morgan fingerprint density at radius 1 is 0.920 bits per heavy atom. The van der Waals surface area contributed by atoms with Crippen LogP contribution in [-0.2, 0) is 0 Å². The molecule has 0 aliphatic heterocycles. The van der Waals surface area contributed by atoms with Crippen molar-refractivity contribution in [3.8, 4) is 0 Å². The molecule has 5 nitrogen and oxygen atoms in total. The van der Waals surface area contributed by atoms with Crippen molar-refractivity contribution < 1.29 is 4.63 Å². The minimum absolute atomic E-state index is 0.0221. The summed E-state index contributed by atoms with van der Waals surface area (Å²) >= 11 is 1.56. The summed E-state index contributed by atoms with van der Waals surface area (Å²) in [6.45, 7) is 0. The monoisotopic (exact) mass is 345 g/mol. The lowest BCUT2D eigenvalue weighted by Crippen LogP contribution is -1.95. The lowest BCUT2D eigenvalue weighted by Gasteiger charge is -2.07. The van der Waals surface area contributed by atoms with Gasteiger partial charge in [0.1, 0.15) is 11.0 Å². The van der Waals surface area contributed by atoms with Crippen LogP contribution < -0.4 is 5.43 Å². The maximum absolute atomic E-state index is 11.7. The second kappa shape index (κ2) is 5.46. The SMILES string of the molecule is O=c1ccc2c(cc(Sc3cccc4cccnc34)c3no[nH]c32)c1. The predicted octanol–water partition coefficient (Wildman–Crippen LogP) is 4.37. The van der Waals surface area contributed by atoms with Gasteiger partial charge in [0.2, 0.25) is 0 Å². The molecule has 3 aromatic carbocycles. The fraction of sp³-hybridized carbons (Fsp3) is 0. The van der Waals surface area contributed by atoms with E-state index in [0.717, 1.165) is 42.5 Å². The highest BCUT2D eigenvalue weighted by Crippen LogP contribution is 2.38. The fourth-order valence-corrected chi connectivity index (χ4v) is 4.08. The number of aromatic amines is 1. The first-order valence-electron chi connectivity index (χ1n) is 7.72. The second-order valence-corrected chi connectivity index (χ2v) is 6.78. The van der Waals surface area contributed by atoms with Crippen molar-refractivity contribution in [3.05, 3.63) is 71.0 Å². The van der Waals surface area contributed by atoms with Crippen LogP contribution in [0.4, 0.5) is 0 Å². The Labute approximate surface area is 145 Å². The summed E-state index contributed by atoms with van der Waals surface area (Å²) < 4.78 is 5.09. The molecular formula is C19H11N3O2S. The van der Waals surface area contributed by atoms with Crippen LogP contribution in [0.1, 0.15) is 0 Å². The molecule has 5 aromatic rings. The number of aromatic nitrogens is 3. The van der Waals surface area contributed by atoms with E-state index < -0.39 is 0 Å². The van der Waals surface area contributed by atoms with Crippen molar-refractivity contribution in [1.82, 2.24) is 15.3 Å². The number of rotatable bonds is 2. The summed E-state index contributed by atoms with van der Waals surface area (Å²) in [5, 5.41) is 9.80. The predicted molar refractivity (Wildman–Crippen MR) is 98.0 cm³/mol. The zero-order valence-electron chi connectivity index (χ0n) is 12.9. The number of benzene rings is 3. The van der Waals surface area contributed by atoms with Gasteiger partial charge < -0.3 is 0 Å². The summed E-state index contributed by atoms with van der Waals surface area (Å²) in [7, 11) is 0. The highest BCUT2D eigenvalue weighted by Gasteiger charge is 2.13. The van der Waals surface area contributed by atoms with Gasteiger partial charge in [0.05, 0.1) is 5.52 Å². The maximum Gasteiger partial charge on any atom is 0.179 e. The molecule has 1 N–H and O–H groups in total. The highest BCUT2D eigenvalue weighted by atomic mass is 32.2. The highest BCUT2D eigenvalue weighted by molar-refractivity contribution is 7.99. The van der Waals surface area contributed by atoms with Gasteiger partial charge in [-0.15, -0.1) is 0 Å². The summed E-state index contributed by atoms with van der Waals surface area (Å²) in [4.78, 5) is 18.2. The van der Waals surface area contributed by atoms with Crippen LogP contribution in [0.25, 0.3) is 32.7 Å². The smallest absolute Gasteiger partial charge is 0.179 e. The molecule has 2 aromatic heterocycles. The van der Waals surface area contributed by atoms with Gasteiger partial charge in [-0.3, -0.25) is 14.4 Å². The van der Waals surface area contributed by atoms with Gasteiger partial charge in [-0.05, 0) is 41.8 Å². The van der Waals surface area contributed by atoms with E-state index in [1.165, 1.54) is 0 Å². The molecule has 0 aliphatic rings. The van der Waals surface area contributed by atoms with E-state index in [1.54, 1.807) is 36.2 Å². The van der Waals surface area contributed by atoms with Crippen LogP contribution in [0.2, 0.25) is 0 Å². The van der Waals surface area contributed by atoms with Crippen molar-refractivity contribution in [2.24, 2.45) is 0 Å². The van der Waals surface area contributed by atoms with E-state index in [0.29, 0.717) is 0 Å². The van der Waals surface area contributed by atoms with E-state index in [9.17, 15) is 4.79 Å². The van der Waals surface area contributed by atoms with E-state index in [4.69, 9.17) is 4.63 Å². The number of nitrogens with one attached hydrogen (secondary N) is 1. The Morgan fingerprint density at radius 3 is 2.80 bits per heavy atom. The lowest BCUT2D eigenvalue weighted by atomic mass is 10.1. The fourth-order valence-electron chi connectivity index (χ4n) is 3.01. The molecule has 0 unspecified atom stereocenters. The zero-order chi connectivity index (χ0) is 16.8. The van der Waals surface area contributed by atoms with Gasteiger partial charge >= 0.3 is 0 Å². The summed E-state index contributed by atoms with van der Waals surface area (Å²) in [6, 6.07) is 17.0. The number of hydrogen-bond donors (Lipinski definition) is 1. The number of hydrogen-bond acceptors (Lipinski definition) is 5. The molecular weight excluding hydrogens is 334 g/mol. The first-order chi connectivity index (χ1) is 12.3. The first kappa shape index (κ1) is 14.2. The van der Waals surface area contributed by atoms with Crippen LogP contribution in [0, 0.1) is 0 Å². The molecule has 5 rings (SSSR count). The third-order valence-corrected chi connectivity index (χ3v) is 5.23. The van der Waals surface area contributed by atoms with Crippen molar-refractivity contribution in [2.45, 2.75) is 9.79 Å². The molecule has 0 aliphatic carbocycles. The third-order valence-electron chi connectivity index (χ3n) is 4.15. The number of nitrogens with zero attached hydrogens (tertiary/aromatic N) is 2. The number of para-hydroxylation sites is 1. The van der Waals surface area contributed by atoms with E-state index in [1.807, 2.05) is 36.4 Å². The average Bonchev–Trinajstić information content (AvgIpc) is 3.12. The molecule has 0 saturated carbocycles. The maximum atomic E-state index is 11.7. The molecule has 2 heterocycles. The van der Waals surface area contributed by atoms with Gasteiger partial charge in [-0.2, -0.15) is 5.16 Å². The van der Waals surface area contributed by atoms with Crippen LogP contribution in [-0.4, -0.2) is 15.3 Å². The van der Waals surface area contributed by atoms with Crippen molar-refractivity contribution in [2.75, 3.05) is 0 Å². The van der Waals surface area contributed by atoms with Gasteiger partial charge in [-0.1, -0.05) is 35.1 Å². The summed E-state index contributed by atoms with van der Waals surface area (Å²) in [6.07, 6.45) is 1.79. The molecule has 0 fully saturated rings. The van der Waals surface area contributed by atoms with E-state index >= 15 is 0 Å². The zero-order valence-corrected chi connectivity index (χ0v) is 13.7. The summed E-state index contributed by atoms with van der Waals surface area (Å²) in [5.74, 6) is 0. The van der Waals surface area contributed by atoms with E-state index in [2.05, 4.69) is 15.3 Å². The van der Waals surface area contributed by atoms with Gasteiger partial charge in [0, 0.05) is 26.8 Å². The van der Waals surface area contributed by atoms with Crippen molar-refractivity contribution in [3.63, 3.8) is 0 Å². The van der Waals surface area contributed by atoms with Crippen LogP contribution in [0.5, 0.6) is 0 Å². The Morgan fingerprint density at radius 2 is 1.84 bits per heavy atom. The molecule has 0 amide bonds. The average molecular weight is 345 g/mol. The quantitative estimate of drug-likeness (QED) is 0.514. The van der Waals surface area contributed by atoms with E-state index in [-0.39, 0.29) is 5.43 Å². The number of H-pyrrole nitrogens is 1.